The molecule has 0 aromatic heterocycles. The first-order valence-corrected chi connectivity index (χ1v) is 10.6. The number of morpholine rings is 1. The number of thiocarbonyl (C=S) groups is 1. The van der Waals surface area contributed by atoms with Gasteiger partial charge in [0.25, 0.3) is 11.8 Å². The number of hydrogen-bond acceptors (Lipinski definition) is 7. The molecule has 0 aliphatic carbocycles. The summed E-state index contributed by atoms with van der Waals surface area (Å²) in [6, 6.07) is 2.97. The molecule has 154 valence electrons. The highest BCUT2D eigenvalue weighted by Crippen LogP contribution is 2.37. The summed E-state index contributed by atoms with van der Waals surface area (Å²) in [5.74, 6) is -1.02. The minimum absolute atomic E-state index is 0.0668. The average Bonchev–Trinajstić information content (AvgIpc) is 3.01. The summed E-state index contributed by atoms with van der Waals surface area (Å²) >= 11 is 6.10. The van der Waals surface area contributed by atoms with E-state index in [0.29, 0.717) is 27.0 Å². The fraction of sp³-hybridized carbons (Fsp3) is 0.421. The second kappa shape index (κ2) is 8.78. The van der Waals surface area contributed by atoms with Crippen molar-refractivity contribution >= 4 is 51.9 Å². The van der Waals surface area contributed by atoms with Crippen LogP contribution in [0.2, 0.25) is 0 Å². The molecule has 3 heterocycles. The van der Waals surface area contributed by atoms with Crippen molar-refractivity contribution in [3.05, 3.63) is 28.4 Å². The van der Waals surface area contributed by atoms with E-state index in [1.165, 1.54) is 6.07 Å². The molecule has 0 unspecified atom stereocenters. The van der Waals surface area contributed by atoms with Crippen molar-refractivity contribution in [3.8, 4) is 5.75 Å². The Kier molecular flexibility index (Phi) is 6.14. The smallest absolute Gasteiger partial charge is 0.265 e. The molecule has 7 nitrogen and oxygen atoms in total. The van der Waals surface area contributed by atoms with Gasteiger partial charge in [0.05, 0.1) is 23.8 Å². The molecular formula is C19H20FN3O4S2. The van der Waals surface area contributed by atoms with E-state index in [9.17, 15) is 14.0 Å². The third-order valence-electron chi connectivity index (χ3n) is 4.88. The lowest BCUT2D eigenvalue weighted by Gasteiger charge is -2.31. The quantitative estimate of drug-likeness (QED) is 0.556. The Hall–Kier alpha value is -2.01. The minimum Gasteiger partial charge on any atom is -0.478 e. The molecule has 10 heteroatoms. The van der Waals surface area contributed by atoms with Crippen molar-refractivity contribution in [1.29, 1.82) is 0 Å². The van der Waals surface area contributed by atoms with Crippen LogP contribution >= 0.6 is 24.0 Å². The first-order valence-electron chi connectivity index (χ1n) is 9.33. The van der Waals surface area contributed by atoms with Gasteiger partial charge in [0.1, 0.15) is 4.32 Å². The molecule has 2 saturated heterocycles. The number of amides is 2. The number of hydrogen-bond donors (Lipinski definition) is 1. The molecule has 0 radical (unpaired) electrons. The summed E-state index contributed by atoms with van der Waals surface area (Å²) in [6.45, 7) is 4.31. The number of carbonyl (C=O) groups excluding carboxylic acids is 2. The molecule has 2 amide bonds. The van der Waals surface area contributed by atoms with Gasteiger partial charge >= 0.3 is 0 Å². The van der Waals surface area contributed by atoms with Crippen LogP contribution in [0.5, 0.6) is 5.75 Å². The summed E-state index contributed by atoms with van der Waals surface area (Å²) in [5.41, 5.74) is 0.862. The summed E-state index contributed by atoms with van der Waals surface area (Å²) in [5, 5.41) is 2.53. The maximum atomic E-state index is 14.6. The molecule has 3 aliphatic rings. The number of carbonyl (C=O) groups is 2. The molecule has 3 aliphatic heterocycles. The number of nitrogens with zero attached hydrogens (tertiary/aromatic N) is 2. The van der Waals surface area contributed by atoms with Crippen LogP contribution in [0.4, 0.5) is 10.1 Å². The Labute approximate surface area is 177 Å². The number of benzene rings is 1. The van der Waals surface area contributed by atoms with Gasteiger partial charge in [0.2, 0.25) is 0 Å². The average molecular weight is 438 g/mol. The summed E-state index contributed by atoms with van der Waals surface area (Å²) in [4.78, 5) is 28.6. The number of fused-ring (bicyclic) bond motifs is 1. The first-order chi connectivity index (χ1) is 14.0. The van der Waals surface area contributed by atoms with Crippen LogP contribution in [-0.2, 0) is 14.3 Å². The number of nitrogens with one attached hydrogen (secondary N) is 1. The maximum Gasteiger partial charge on any atom is 0.265 e. The second-order valence-corrected chi connectivity index (χ2v) is 8.56. The Morgan fingerprint density at radius 1 is 1.24 bits per heavy atom. The number of halogens is 1. The van der Waals surface area contributed by atoms with Crippen LogP contribution in [0.3, 0.4) is 0 Å². The zero-order valence-electron chi connectivity index (χ0n) is 15.6. The monoisotopic (exact) mass is 437 g/mol. The number of ether oxygens (including phenoxy) is 2. The van der Waals surface area contributed by atoms with Crippen molar-refractivity contribution in [2.24, 2.45) is 0 Å². The van der Waals surface area contributed by atoms with E-state index in [4.69, 9.17) is 21.7 Å². The largest absolute Gasteiger partial charge is 0.478 e. The second-order valence-electron chi connectivity index (χ2n) is 6.84. The molecule has 1 aromatic carbocycles. The van der Waals surface area contributed by atoms with Crippen LogP contribution in [0, 0.1) is 5.82 Å². The zero-order valence-corrected chi connectivity index (χ0v) is 17.2. The Bertz CT molecular complexity index is 886. The highest BCUT2D eigenvalue weighted by molar-refractivity contribution is 8.26. The fourth-order valence-electron chi connectivity index (χ4n) is 3.47. The lowest BCUT2D eigenvalue weighted by Crippen LogP contribution is -2.42. The van der Waals surface area contributed by atoms with E-state index < -0.39 is 5.82 Å². The molecule has 2 fully saturated rings. The third-order valence-corrected chi connectivity index (χ3v) is 6.04. The molecule has 4 rings (SSSR count). The van der Waals surface area contributed by atoms with Crippen molar-refractivity contribution in [1.82, 2.24) is 10.2 Å². The van der Waals surface area contributed by atoms with Gasteiger partial charge in [-0.05, 0) is 30.2 Å². The Morgan fingerprint density at radius 2 is 2.03 bits per heavy atom. The predicted octanol–water partition coefficient (Wildman–Crippen LogP) is 1.76. The number of rotatable bonds is 5. The maximum absolute atomic E-state index is 14.6. The zero-order chi connectivity index (χ0) is 20.4. The van der Waals surface area contributed by atoms with Gasteiger partial charge in [-0.1, -0.05) is 24.0 Å². The van der Waals surface area contributed by atoms with Gasteiger partial charge in [-0.25, -0.2) is 4.39 Å². The van der Waals surface area contributed by atoms with Crippen LogP contribution in [0.25, 0.3) is 6.08 Å². The van der Waals surface area contributed by atoms with Crippen LogP contribution < -0.4 is 15.0 Å². The van der Waals surface area contributed by atoms with Crippen molar-refractivity contribution in [3.63, 3.8) is 0 Å². The van der Waals surface area contributed by atoms with Crippen molar-refractivity contribution in [2.45, 2.75) is 6.42 Å². The summed E-state index contributed by atoms with van der Waals surface area (Å²) < 4.78 is 25.7. The van der Waals surface area contributed by atoms with Crippen molar-refractivity contribution < 1.29 is 23.5 Å². The van der Waals surface area contributed by atoms with Crippen LogP contribution in [0.1, 0.15) is 12.0 Å². The highest BCUT2D eigenvalue weighted by Gasteiger charge is 2.29. The van der Waals surface area contributed by atoms with E-state index in [1.807, 2.05) is 0 Å². The Balaban J connectivity index is 1.53. The first kappa shape index (κ1) is 20.3. The molecule has 0 saturated carbocycles. The van der Waals surface area contributed by atoms with Gasteiger partial charge < -0.3 is 19.7 Å². The van der Waals surface area contributed by atoms with Gasteiger partial charge in [-0.3, -0.25) is 14.5 Å². The standard InChI is InChI=1S/C19H20FN3O4S2/c20-13-8-12(10-15-18(25)21-19(28)29-15)9-14-17(13)27-11-16(24)23(14)3-1-2-22-4-6-26-7-5-22/h8-10H,1-7,11H2,(H,21,25,28). The lowest BCUT2D eigenvalue weighted by atomic mass is 10.1. The Morgan fingerprint density at radius 3 is 2.76 bits per heavy atom. The van der Waals surface area contributed by atoms with Gasteiger partial charge in [-0.15, -0.1) is 0 Å². The summed E-state index contributed by atoms with van der Waals surface area (Å²) in [6.07, 6.45) is 2.32. The van der Waals surface area contributed by atoms with E-state index in [-0.39, 0.29) is 24.2 Å². The molecule has 0 atom stereocenters. The molecule has 0 spiro atoms. The minimum atomic E-state index is -0.564. The van der Waals surface area contributed by atoms with E-state index >= 15 is 0 Å². The number of anilines is 1. The van der Waals surface area contributed by atoms with Crippen LogP contribution in [0.15, 0.2) is 17.0 Å². The molecule has 29 heavy (non-hydrogen) atoms. The normalized spacial score (nSPS) is 21.3. The molecule has 1 N–H and O–H groups in total. The topological polar surface area (TPSA) is 71.1 Å². The summed E-state index contributed by atoms with van der Waals surface area (Å²) in [7, 11) is 0. The molecule has 1 aromatic rings. The van der Waals surface area contributed by atoms with Gasteiger partial charge in [-0.2, -0.15) is 0 Å². The SMILES string of the molecule is O=C1NC(=S)SC1=Cc1cc(F)c2c(c1)N(CCCN1CCOCC1)C(=O)CO2. The van der Waals surface area contributed by atoms with Gasteiger partial charge in [0, 0.05) is 26.2 Å². The third kappa shape index (κ3) is 4.61. The number of thioether (sulfide) groups is 1. The van der Waals surface area contributed by atoms with Crippen LogP contribution in [-0.4, -0.2) is 67.0 Å². The van der Waals surface area contributed by atoms with Gasteiger partial charge in [0.15, 0.2) is 18.2 Å². The lowest BCUT2D eigenvalue weighted by molar-refractivity contribution is -0.121. The molecular weight excluding hydrogens is 417 g/mol. The molecule has 0 bridgehead atoms. The predicted molar refractivity (Wildman–Crippen MR) is 112 cm³/mol. The van der Waals surface area contributed by atoms with E-state index in [0.717, 1.165) is 51.0 Å². The fourth-order valence-corrected chi connectivity index (χ4v) is 4.51. The van der Waals surface area contributed by atoms with E-state index in [1.54, 1.807) is 17.0 Å². The highest BCUT2D eigenvalue weighted by atomic mass is 32.2. The van der Waals surface area contributed by atoms with E-state index in [2.05, 4.69) is 10.2 Å². The van der Waals surface area contributed by atoms with Crippen molar-refractivity contribution in [2.75, 3.05) is 50.9 Å².